The number of methoxy groups -OCH3 is 1. The van der Waals surface area contributed by atoms with E-state index in [1.807, 2.05) is 13.8 Å². The molecule has 0 spiro atoms. The van der Waals surface area contributed by atoms with Gasteiger partial charge in [0.1, 0.15) is 17.2 Å². The first-order valence-corrected chi connectivity index (χ1v) is 9.28. The van der Waals surface area contributed by atoms with Crippen LogP contribution in [0.25, 0.3) is 0 Å². The van der Waals surface area contributed by atoms with Gasteiger partial charge in [0.25, 0.3) is 11.6 Å². The van der Waals surface area contributed by atoms with Gasteiger partial charge in [0.05, 0.1) is 30.3 Å². The monoisotopic (exact) mass is 416 g/mol. The second-order valence-corrected chi connectivity index (χ2v) is 6.91. The molecule has 1 N–H and O–H groups in total. The number of esters is 1. The van der Waals surface area contributed by atoms with E-state index >= 15 is 0 Å². The number of nitrogens with one attached hydrogen (secondary N) is 1. The van der Waals surface area contributed by atoms with Gasteiger partial charge in [-0.25, -0.2) is 4.79 Å². The predicted octanol–water partition coefficient (Wildman–Crippen LogP) is 3.82. The van der Waals surface area contributed by atoms with Crippen molar-refractivity contribution in [2.45, 2.75) is 26.9 Å². The molecule has 2 aromatic rings. The summed E-state index contributed by atoms with van der Waals surface area (Å²) in [6.07, 6.45) is -1.18. The van der Waals surface area contributed by atoms with Crippen LogP contribution in [0.4, 0.5) is 11.4 Å². The van der Waals surface area contributed by atoms with Crippen molar-refractivity contribution in [2.24, 2.45) is 5.92 Å². The Bertz CT molecular complexity index is 927. The fraction of sp³-hybridized carbons (Fsp3) is 0.333. The fourth-order valence-corrected chi connectivity index (χ4v) is 2.39. The number of carbonyl (C=O) groups is 2. The average Bonchev–Trinajstić information content (AvgIpc) is 2.72. The lowest BCUT2D eigenvalue weighted by atomic mass is 10.2. The molecule has 30 heavy (non-hydrogen) atoms. The zero-order valence-corrected chi connectivity index (χ0v) is 17.2. The molecule has 0 unspecified atom stereocenters. The standard InChI is InChI=1S/C21H24N2O7/c1-13(2)12-29-17-7-5-6-15(10-17)21(25)30-14(3)20(24)22-18-9-8-16(28-4)11-19(18)23(26)27/h5-11,13-14H,12H2,1-4H3,(H,22,24)/t14-/m1/s1. The number of nitro groups is 1. The molecule has 1 amide bonds. The van der Waals surface area contributed by atoms with E-state index < -0.39 is 22.9 Å². The summed E-state index contributed by atoms with van der Waals surface area (Å²) in [5.41, 5.74) is -0.139. The number of nitro benzene ring substituents is 1. The van der Waals surface area contributed by atoms with E-state index in [9.17, 15) is 19.7 Å². The van der Waals surface area contributed by atoms with Crippen LogP contribution < -0.4 is 14.8 Å². The highest BCUT2D eigenvalue weighted by molar-refractivity contribution is 5.98. The SMILES string of the molecule is COc1ccc(NC(=O)[C@@H](C)OC(=O)c2cccc(OCC(C)C)c2)c([N+](=O)[O-])c1. The second kappa shape index (κ2) is 10.2. The summed E-state index contributed by atoms with van der Waals surface area (Å²) in [4.78, 5) is 35.4. The van der Waals surface area contributed by atoms with E-state index in [-0.39, 0.29) is 22.7 Å². The largest absolute Gasteiger partial charge is 0.496 e. The molecule has 0 saturated carbocycles. The Kier molecular flexibility index (Phi) is 7.74. The van der Waals surface area contributed by atoms with Crippen LogP contribution in [0.3, 0.4) is 0 Å². The molecule has 9 nitrogen and oxygen atoms in total. The van der Waals surface area contributed by atoms with Gasteiger partial charge in [-0.15, -0.1) is 0 Å². The van der Waals surface area contributed by atoms with Gasteiger partial charge < -0.3 is 19.5 Å². The van der Waals surface area contributed by atoms with Gasteiger partial charge in [0, 0.05) is 0 Å². The molecule has 1 atom stereocenters. The number of anilines is 1. The lowest BCUT2D eigenvalue weighted by molar-refractivity contribution is -0.384. The third kappa shape index (κ3) is 6.20. The summed E-state index contributed by atoms with van der Waals surface area (Å²) in [5.74, 6) is -0.296. The smallest absolute Gasteiger partial charge is 0.339 e. The number of nitrogens with zero attached hydrogens (tertiary/aromatic N) is 1. The summed E-state index contributed by atoms with van der Waals surface area (Å²) in [6, 6.07) is 10.5. The number of benzene rings is 2. The van der Waals surface area contributed by atoms with Crippen molar-refractivity contribution in [1.29, 1.82) is 0 Å². The predicted molar refractivity (Wildman–Crippen MR) is 110 cm³/mol. The third-order valence-corrected chi connectivity index (χ3v) is 3.97. The molecule has 2 rings (SSSR count). The number of hydrogen-bond donors (Lipinski definition) is 1. The van der Waals surface area contributed by atoms with Crippen LogP contribution in [0.15, 0.2) is 42.5 Å². The summed E-state index contributed by atoms with van der Waals surface area (Å²) < 4.78 is 15.7. The molecule has 0 aromatic heterocycles. The van der Waals surface area contributed by atoms with Crippen LogP contribution in [0.1, 0.15) is 31.1 Å². The van der Waals surface area contributed by atoms with Gasteiger partial charge in [-0.2, -0.15) is 0 Å². The molecular weight excluding hydrogens is 392 g/mol. The van der Waals surface area contributed by atoms with E-state index in [0.717, 1.165) is 0 Å². The van der Waals surface area contributed by atoms with E-state index in [1.54, 1.807) is 18.2 Å². The van der Waals surface area contributed by atoms with E-state index in [2.05, 4.69) is 5.32 Å². The molecule has 0 saturated heterocycles. The average molecular weight is 416 g/mol. The number of ether oxygens (including phenoxy) is 3. The highest BCUT2D eigenvalue weighted by Crippen LogP contribution is 2.29. The lowest BCUT2D eigenvalue weighted by Crippen LogP contribution is -2.30. The fourth-order valence-electron chi connectivity index (χ4n) is 2.39. The maximum Gasteiger partial charge on any atom is 0.339 e. The molecule has 0 fully saturated rings. The minimum atomic E-state index is -1.18. The topological polar surface area (TPSA) is 117 Å². The van der Waals surface area contributed by atoms with Gasteiger partial charge in [-0.05, 0) is 43.2 Å². The molecule has 0 heterocycles. The summed E-state index contributed by atoms with van der Waals surface area (Å²) in [6.45, 7) is 5.89. The Hall–Kier alpha value is -3.62. The molecular formula is C21H24N2O7. The van der Waals surface area contributed by atoms with Gasteiger partial charge in [-0.1, -0.05) is 19.9 Å². The molecule has 0 aliphatic rings. The Balaban J connectivity index is 2.05. The van der Waals surface area contributed by atoms with Crippen molar-refractivity contribution < 1.29 is 28.7 Å². The van der Waals surface area contributed by atoms with Crippen LogP contribution in [0.5, 0.6) is 11.5 Å². The Morgan fingerprint density at radius 3 is 2.47 bits per heavy atom. The molecule has 0 aliphatic heterocycles. The zero-order valence-electron chi connectivity index (χ0n) is 17.2. The molecule has 160 valence electrons. The van der Waals surface area contributed by atoms with Crippen LogP contribution in [-0.2, 0) is 9.53 Å². The second-order valence-electron chi connectivity index (χ2n) is 6.91. The van der Waals surface area contributed by atoms with E-state index in [0.29, 0.717) is 18.3 Å². The highest BCUT2D eigenvalue weighted by Gasteiger charge is 2.23. The highest BCUT2D eigenvalue weighted by atomic mass is 16.6. The first-order chi connectivity index (χ1) is 14.2. The van der Waals surface area contributed by atoms with E-state index in [4.69, 9.17) is 14.2 Å². The van der Waals surface area contributed by atoms with Crippen LogP contribution >= 0.6 is 0 Å². The zero-order chi connectivity index (χ0) is 22.3. The summed E-state index contributed by atoms with van der Waals surface area (Å²) >= 11 is 0. The van der Waals surface area contributed by atoms with Crippen LogP contribution in [-0.4, -0.2) is 36.6 Å². The van der Waals surface area contributed by atoms with Crippen molar-refractivity contribution >= 4 is 23.3 Å². The van der Waals surface area contributed by atoms with Crippen molar-refractivity contribution in [3.63, 3.8) is 0 Å². The maximum atomic E-state index is 12.4. The van der Waals surface area contributed by atoms with Gasteiger partial charge in [-0.3, -0.25) is 14.9 Å². The number of amides is 1. The minimum Gasteiger partial charge on any atom is -0.496 e. The minimum absolute atomic E-state index is 0.0298. The Morgan fingerprint density at radius 1 is 1.10 bits per heavy atom. The lowest BCUT2D eigenvalue weighted by Gasteiger charge is -2.14. The normalized spacial score (nSPS) is 11.5. The van der Waals surface area contributed by atoms with Crippen molar-refractivity contribution in [3.05, 3.63) is 58.1 Å². The molecule has 0 radical (unpaired) electrons. The molecule has 9 heteroatoms. The summed E-state index contributed by atoms with van der Waals surface area (Å²) in [7, 11) is 1.38. The van der Waals surface area contributed by atoms with Crippen LogP contribution in [0.2, 0.25) is 0 Å². The first kappa shape index (κ1) is 22.7. The quantitative estimate of drug-likeness (QED) is 0.375. The number of hydrogen-bond acceptors (Lipinski definition) is 7. The van der Waals surface area contributed by atoms with Crippen molar-refractivity contribution in [3.8, 4) is 11.5 Å². The van der Waals surface area contributed by atoms with E-state index in [1.165, 1.54) is 38.3 Å². The van der Waals surface area contributed by atoms with Gasteiger partial charge in [0.2, 0.25) is 0 Å². The Morgan fingerprint density at radius 2 is 1.83 bits per heavy atom. The van der Waals surface area contributed by atoms with Gasteiger partial charge in [0.15, 0.2) is 6.10 Å². The first-order valence-electron chi connectivity index (χ1n) is 9.28. The van der Waals surface area contributed by atoms with Crippen molar-refractivity contribution in [2.75, 3.05) is 19.0 Å². The molecule has 2 aromatic carbocycles. The van der Waals surface area contributed by atoms with Gasteiger partial charge >= 0.3 is 5.97 Å². The van der Waals surface area contributed by atoms with Crippen molar-refractivity contribution in [1.82, 2.24) is 0 Å². The number of rotatable bonds is 9. The maximum absolute atomic E-state index is 12.4. The third-order valence-electron chi connectivity index (χ3n) is 3.97. The molecule has 0 bridgehead atoms. The van der Waals surface area contributed by atoms with Crippen LogP contribution in [0, 0.1) is 16.0 Å². The molecule has 0 aliphatic carbocycles. The Labute approximate surface area is 174 Å². The number of carbonyl (C=O) groups excluding carboxylic acids is 2. The summed E-state index contributed by atoms with van der Waals surface area (Å²) in [5, 5.41) is 13.6.